The molecule has 0 bridgehead atoms. The van der Waals surface area contributed by atoms with Crippen LogP contribution in [0.4, 0.5) is 0 Å². The topological polar surface area (TPSA) is 59.4 Å². The molecular weight excluding hydrogens is 286 g/mol. The minimum absolute atomic E-state index is 0.176. The van der Waals surface area contributed by atoms with Crippen LogP contribution in [0.5, 0.6) is 0 Å². The molecular formula is C16H17NO3S. The Labute approximate surface area is 127 Å². The molecule has 1 fully saturated rings. The molecule has 0 spiro atoms. The fraction of sp³-hybridized carbons (Fsp3) is 0.375. The van der Waals surface area contributed by atoms with Gasteiger partial charge in [0.25, 0.3) is 0 Å². The molecule has 3 rings (SSSR count). The van der Waals surface area contributed by atoms with Gasteiger partial charge in [-0.1, -0.05) is 30.3 Å². The smallest absolute Gasteiger partial charge is 0.348 e. The number of carboxylic acids is 1. The first-order valence-electron chi connectivity index (χ1n) is 7.14. The highest BCUT2D eigenvalue weighted by atomic mass is 32.1. The van der Waals surface area contributed by atoms with Crippen molar-refractivity contribution in [1.82, 2.24) is 4.98 Å². The zero-order valence-corrected chi connectivity index (χ0v) is 12.4. The third-order valence-electron chi connectivity index (χ3n) is 3.59. The molecule has 1 aromatic heterocycles. The summed E-state index contributed by atoms with van der Waals surface area (Å²) in [6, 6.07) is 9.48. The molecule has 0 aliphatic carbocycles. The van der Waals surface area contributed by atoms with Crippen LogP contribution in [0.1, 0.15) is 33.9 Å². The van der Waals surface area contributed by atoms with Crippen molar-refractivity contribution in [3.05, 3.63) is 40.2 Å². The Morgan fingerprint density at radius 1 is 1.33 bits per heavy atom. The van der Waals surface area contributed by atoms with E-state index in [1.165, 1.54) is 17.8 Å². The van der Waals surface area contributed by atoms with E-state index < -0.39 is 5.97 Å². The zero-order valence-electron chi connectivity index (χ0n) is 11.6. The molecule has 110 valence electrons. The Morgan fingerprint density at radius 3 is 2.81 bits per heavy atom. The number of carboxylic acid groups (broad SMARTS) is 1. The minimum atomic E-state index is -0.915. The van der Waals surface area contributed by atoms with Crippen molar-refractivity contribution in [1.29, 1.82) is 0 Å². The van der Waals surface area contributed by atoms with E-state index in [0.717, 1.165) is 30.0 Å². The van der Waals surface area contributed by atoms with E-state index in [1.807, 2.05) is 30.3 Å². The largest absolute Gasteiger partial charge is 0.477 e. The van der Waals surface area contributed by atoms with Gasteiger partial charge >= 0.3 is 5.97 Å². The molecule has 1 aliphatic heterocycles. The van der Waals surface area contributed by atoms with Gasteiger partial charge in [0.05, 0.1) is 16.8 Å². The third-order valence-corrected chi connectivity index (χ3v) is 4.65. The molecule has 1 aromatic carbocycles. The lowest BCUT2D eigenvalue weighted by Gasteiger charge is -2.21. The monoisotopic (exact) mass is 303 g/mol. The molecule has 1 N–H and O–H groups in total. The third kappa shape index (κ3) is 3.31. The number of thiazole rings is 1. The van der Waals surface area contributed by atoms with E-state index in [9.17, 15) is 9.90 Å². The van der Waals surface area contributed by atoms with Crippen molar-refractivity contribution in [3.63, 3.8) is 0 Å². The van der Waals surface area contributed by atoms with Crippen LogP contribution in [0.3, 0.4) is 0 Å². The molecule has 1 atom stereocenters. The maximum absolute atomic E-state index is 11.4. The predicted molar refractivity (Wildman–Crippen MR) is 81.8 cm³/mol. The van der Waals surface area contributed by atoms with E-state index in [-0.39, 0.29) is 6.10 Å². The summed E-state index contributed by atoms with van der Waals surface area (Å²) >= 11 is 1.27. The number of hydrogen-bond donors (Lipinski definition) is 1. The van der Waals surface area contributed by atoms with Gasteiger partial charge in [-0.05, 0) is 19.3 Å². The first kappa shape index (κ1) is 14.2. The Morgan fingerprint density at radius 2 is 2.14 bits per heavy atom. The van der Waals surface area contributed by atoms with Gasteiger partial charge in [-0.3, -0.25) is 0 Å². The van der Waals surface area contributed by atoms with Gasteiger partial charge in [0.15, 0.2) is 0 Å². The molecule has 2 heterocycles. The Hall–Kier alpha value is -1.72. The second kappa shape index (κ2) is 6.37. The van der Waals surface area contributed by atoms with Crippen LogP contribution in [0, 0.1) is 0 Å². The maximum atomic E-state index is 11.4. The quantitative estimate of drug-likeness (QED) is 0.937. The first-order chi connectivity index (χ1) is 10.2. The summed E-state index contributed by atoms with van der Waals surface area (Å²) in [6.45, 7) is 0.799. The lowest BCUT2D eigenvalue weighted by atomic mass is 10.1. The van der Waals surface area contributed by atoms with Crippen LogP contribution in [0.25, 0.3) is 11.3 Å². The van der Waals surface area contributed by atoms with E-state index in [0.29, 0.717) is 17.0 Å². The van der Waals surface area contributed by atoms with Crippen molar-refractivity contribution >= 4 is 17.3 Å². The van der Waals surface area contributed by atoms with Gasteiger partial charge in [0.2, 0.25) is 0 Å². The standard InChI is InChI=1S/C16H17NO3S/c18-16(19)15-14(11-6-2-1-3-7-11)17-13(21-15)10-12-8-4-5-9-20-12/h1-3,6-7,12H,4-5,8-10H2,(H,18,19). The normalized spacial score (nSPS) is 18.6. The molecule has 21 heavy (non-hydrogen) atoms. The Kier molecular flexibility index (Phi) is 4.31. The van der Waals surface area contributed by atoms with Gasteiger partial charge in [-0.15, -0.1) is 11.3 Å². The summed E-state index contributed by atoms with van der Waals surface area (Å²) in [7, 11) is 0. The lowest BCUT2D eigenvalue weighted by Crippen LogP contribution is -2.21. The zero-order chi connectivity index (χ0) is 14.7. The highest BCUT2D eigenvalue weighted by Crippen LogP contribution is 2.30. The average molecular weight is 303 g/mol. The van der Waals surface area contributed by atoms with E-state index in [4.69, 9.17) is 4.74 Å². The fourth-order valence-corrected chi connectivity index (χ4v) is 3.54. The number of aromatic nitrogens is 1. The van der Waals surface area contributed by atoms with Gasteiger partial charge in [0, 0.05) is 18.6 Å². The van der Waals surface area contributed by atoms with Gasteiger partial charge in [0.1, 0.15) is 4.88 Å². The lowest BCUT2D eigenvalue weighted by molar-refractivity contribution is 0.0168. The molecule has 1 aliphatic rings. The maximum Gasteiger partial charge on any atom is 0.348 e. The van der Waals surface area contributed by atoms with Crippen molar-refractivity contribution in [2.45, 2.75) is 31.8 Å². The SMILES string of the molecule is O=C(O)c1sc(CC2CCCCO2)nc1-c1ccccc1. The second-order valence-electron chi connectivity index (χ2n) is 5.15. The molecule has 1 unspecified atom stereocenters. The van der Waals surface area contributed by atoms with Crippen molar-refractivity contribution in [2.75, 3.05) is 6.61 Å². The van der Waals surface area contributed by atoms with Crippen molar-refractivity contribution < 1.29 is 14.6 Å². The highest BCUT2D eigenvalue weighted by Gasteiger charge is 2.22. The molecule has 2 aromatic rings. The average Bonchev–Trinajstić information content (AvgIpc) is 2.93. The number of carbonyl (C=O) groups is 1. The number of aromatic carboxylic acids is 1. The summed E-state index contributed by atoms with van der Waals surface area (Å²) in [5, 5.41) is 10.2. The van der Waals surface area contributed by atoms with Crippen LogP contribution in [0.15, 0.2) is 30.3 Å². The molecule has 0 saturated carbocycles. The summed E-state index contributed by atoms with van der Waals surface area (Å²) in [5.74, 6) is -0.915. The van der Waals surface area contributed by atoms with Crippen molar-refractivity contribution in [3.8, 4) is 11.3 Å². The van der Waals surface area contributed by atoms with Crippen molar-refractivity contribution in [2.24, 2.45) is 0 Å². The Bertz CT molecular complexity index is 618. The highest BCUT2D eigenvalue weighted by molar-refractivity contribution is 7.14. The molecule has 5 heteroatoms. The van der Waals surface area contributed by atoms with Gasteiger partial charge < -0.3 is 9.84 Å². The van der Waals surface area contributed by atoms with Crippen LogP contribution in [-0.4, -0.2) is 28.8 Å². The summed E-state index contributed by atoms with van der Waals surface area (Å²) in [4.78, 5) is 16.3. The Balaban J connectivity index is 1.87. The van der Waals surface area contributed by atoms with E-state index in [1.54, 1.807) is 0 Å². The summed E-state index contributed by atoms with van der Waals surface area (Å²) in [5.41, 5.74) is 1.42. The van der Waals surface area contributed by atoms with Crippen LogP contribution in [0.2, 0.25) is 0 Å². The summed E-state index contributed by atoms with van der Waals surface area (Å²) < 4.78 is 5.72. The number of benzene rings is 1. The predicted octanol–water partition coefficient (Wildman–Crippen LogP) is 3.62. The van der Waals surface area contributed by atoms with Gasteiger partial charge in [-0.2, -0.15) is 0 Å². The molecule has 4 nitrogen and oxygen atoms in total. The van der Waals surface area contributed by atoms with Crippen LogP contribution < -0.4 is 0 Å². The number of ether oxygens (including phenoxy) is 1. The molecule has 0 amide bonds. The minimum Gasteiger partial charge on any atom is -0.477 e. The molecule has 0 radical (unpaired) electrons. The fourth-order valence-electron chi connectivity index (χ4n) is 2.55. The van der Waals surface area contributed by atoms with E-state index in [2.05, 4.69) is 4.98 Å². The van der Waals surface area contributed by atoms with Crippen LogP contribution in [-0.2, 0) is 11.2 Å². The second-order valence-corrected chi connectivity index (χ2v) is 6.23. The summed E-state index contributed by atoms with van der Waals surface area (Å²) in [6.07, 6.45) is 4.20. The number of nitrogens with zero attached hydrogens (tertiary/aromatic N) is 1. The first-order valence-corrected chi connectivity index (χ1v) is 7.95. The van der Waals surface area contributed by atoms with E-state index >= 15 is 0 Å². The van der Waals surface area contributed by atoms with Crippen LogP contribution >= 0.6 is 11.3 Å². The number of hydrogen-bond acceptors (Lipinski definition) is 4. The number of rotatable bonds is 4. The van der Waals surface area contributed by atoms with Gasteiger partial charge in [-0.25, -0.2) is 9.78 Å². The molecule has 1 saturated heterocycles.